The quantitative estimate of drug-likeness (QED) is 0.210. The Labute approximate surface area is 260 Å². The molecule has 0 aliphatic rings. The van der Waals surface area contributed by atoms with Crippen molar-refractivity contribution in [1.82, 2.24) is 10.2 Å². The van der Waals surface area contributed by atoms with Gasteiger partial charge in [-0.15, -0.1) is 0 Å². The minimum atomic E-state index is -4.19. The van der Waals surface area contributed by atoms with Crippen molar-refractivity contribution in [2.45, 2.75) is 23.9 Å². The van der Waals surface area contributed by atoms with E-state index in [2.05, 4.69) is 5.32 Å². The molecule has 4 aromatic rings. The highest BCUT2D eigenvalue weighted by Gasteiger charge is 2.34. The first-order valence-corrected chi connectivity index (χ1v) is 15.5. The molecule has 0 saturated carbocycles. The molecule has 7 nitrogen and oxygen atoms in total. The number of benzene rings is 4. The summed E-state index contributed by atoms with van der Waals surface area (Å²) in [6.45, 7) is -0.661. The molecule has 11 heteroatoms. The molecule has 0 heterocycles. The maximum atomic E-state index is 14.3. The molecule has 0 aromatic heterocycles. The highest BCUT2D eigenvalue weighted by molar-refractivity contribution is 7.92. The first kappa shape index (κ1) is 31.4. The van der Waals surface area contributed by atoms with Crippen molar-refractivity contribution in [2.24, 2.45) is 0 Å². The summed E-state index contributed by atoms with van der Waals surface area (Å²) in [6, 6.07) is 27.1. The summed E-state index contributed by atoms with van der Waals surface area (Å²) < 4.78 is 28.8. The third-order valence-corrected chi connectivity index (χ3v) is 9.22. The summed E-state index contributed by atoms with van der Waals surface area (Å²) in [5.74, 6) is -1.03. The topological polar surface area (TPSA) is 86.8 Å². The zero-order valence-electron chi connectivity index (χ0n) is 22.6. The van der Waals surface area contributed by atoms with E-state index in [1.54, 1.807) is 48.5 Å². The van der Waals surface area contributed by atoms with Crippen LogP contribution in [0, 0.1) is 0 Å². The molecule has 0 aliphatic heterocycles. The molecular weight excluding hydrogens is 617 g/mol. The van der Waals surface area contributed by atoms with Crippen LogP contribution in [0.3, 0.4) is 0 Å². The Morgan fingerprint density at radius 2 is 1.40 bits per heavy atom. The van der Waals surface area contributed by atoms with Gasteiger partial charge < -0.3 is 10.2 Å². The summed E-state index contributed by atoms with van der Waals surface area (Å²) in [6.07, 6.45) is 0.184. The molecule has 2 amide bonds. The van der Waals surface area contributed by atoms with E-state index in [0.29, 0.717) is 20.6 Å². The fraction of sp³-hybridized carbons (Fsp3) is 0.161. The Kier molecular flexibility index (Phi) is 10.5. The van der Waals surface area contributed by atoms with Gasteiger partial charge in [0.1, 0.15) is 12.6 Å². The molecule has 4 rings (SSSR count). The molecule has 218 valence electrons. The minimum Gasteiger partial charge on any atom is -0.357 e. The standard InChI is InChI=1S/C31H28Cl3N3O4S/c1-35-31(39)29(18-22-8-4-2-5-9-22)36(20-23-12-13-25(33)19-28(23)34)30(38)21-37(26-16-14-24(32)15-17-26)42(40,41)27-10-6-3-7-11-27/h2-17,19,29H,18,20-21H2,1H3,(H,35,39)/t29-/m0/s1. The van der Waals surface area contributed by atoms with Gasteiger partial charge in [0.05, 0.1) is 10.6 Å². The van der Waals surface area contributed by atoms with E-state index >= 15 is 0 Å². The Bertz CT molecular complexity index is 1640. The van der Waals surface area contributed by atoms with Gasteiger partial charge in [0, 0.05) is 35.1 Å². The second kappa shape index (κ2) is 14.1. The zero-order valence-corrected chi connectivity index (χ0v) is 25.7. The lowest BCUT2D eigenvalue weighted by Gasteiger charge is -2.33. The maximum absolute atomic E-state index is 14.3. The van der Waals surface area contributed by atoms with Gasteiger partial charge in [-0.1, -0.05) is 89.4 Å². The van der Waals surface area contributed by atoms with Gasteiger partial charge in [-0.2, -0.15) is 0 Å². The number of hydrogen-bond donors (Lipinski definition) is 1. The number of carbonyl (C=O) groups excluding carboxylic acids is 2. The number of carbonyl (C=O) groups is 2. The van der Waals surface area contributed by atoms with E-state index < -0.39 is 34.4 Å². The van der Waals surface area contributed by atoms with E-state index in [1.165, 1.54) is 36.2 Å². The average Bonchev–Trinajstić information content (AvgIpc) is 2.99. The number of hydrogen-bond acceptors (Lipinski definition) is 4. The number of likely N-dealkylation sites (N-methyl/N-ethyl adjacent to an activating group) is 1. The Hall–Kier alpha value is -3.56. The lowest BCUT2D eigenvalue weighted by atomic mass is 10.0. The largest absolute Gasteiger partial charge is 0.357 e. The van der Waals surface area contributed by atoms with Crippen LogP contribution >= 0.6 is 34.8 Å². The van der Waals surface area contributed by atoms with Crippen LogP contribution < -0.4 is 9.62 Å². The van der Waals surface area contributed by atoms with Crippen LogP contribution in [0.25, 0.3) is 0 Å². The van der Waals surface area contributed by atoms with Crippen molar-refractivity contribution in [3.05, 3.63) is 129 Å². The van der Waals surface area contributed by atoms with Crippen LogP contribution in [0.5, 0.6) is 0 Å². The number of rotatable bonds is 11. The molecule has 0 aliphatic carbocycles. The Morgan fingerprint density at radius 3 is 2.00 bits per heavy atom. The molecule has 0 unspecified atom stereocenters. The van der Waals surface area contributed by atoms with Gasteiger partial charge >= 0.3 is 0 Å². The van der Waals surface area contributed by atoms with Gasteiger partial charge in [-0.3, -0.25) is 13.9 Å². The number of sulfonamides is 1. The van der Waals surface area contributed by atoms with Crippen LogP contribution in [0.1, 0.15) is 11.1 Å². The van der Waals surface area contributed by atoms with Gasteiger partial charge in [0.2, 0.25) is 11.8 Å². The predicted octanol–water partition coefficient (Wildman–Crippen LogP) is 6.23. The Morgan fingerprint density at radius 1 is 0.810 bits per heavy atom. The highest BCUT2D eigenvalue weighted by Crippen LogP contribution is 2.28. The molecule has 1 atom stereocenters. The van der Waals surface area contributed by atoms with E-state index in [0.717, 1.165) is 9.87 Å². The molecule has 42 heavy (non-hydrogen) atoms. The SMILES string of the molecule is CNC(=O)[C@H](Cc1ccccc1)N(Cc1ccc(Cl)cc1Cl)C(=O)CN(c1ccc(Cl)cc1)S(=O)(=O)c1ccccc1. The van der Waals surface area contributed by atoms with Crippen LogP contribution in [-0.4, -0.2) is 44.8 Å². The van der Waals surface area contributed by atoms with E-state index in [-0.39, 0.29) is 23.5 Å². The molecule has 0 fully saturated rings. The third kappa shape index (κ3) is 7.63. The molecule has 0 radical (unpaired) electrons. The molecular formula is C31H28Cl3N3O4S. The van der Waals surface area contributed by atoms with Crippen molar-refractivity contribution in [2.75, 3.05) is 17.9 Å². The molecule has 0 saturated heterocycles. The molecule has 0 spiro atoms. The van der Waals surface area contributed by atoms with Crippen LogP contribution in [0.2, 0.25) is 15.1 Å². The smallest absolute Gasteiger partial charge is 0.264 e. The van der Waals surface area contributed by atoms with Crippen LogP contribution in [0.4, 0.5) is 5.69 Å². The first-order chi connectivity index (χ1) is 20.1. The minimum absolute atomic E-state index is 0.00665. The molecule has 4 aromatic carbocycles. The Balaban J connectivity index is 1.79. The van der Waals surface area contributed by atoms with Crippen molar-refractivity contribution < 1.29 is 18.0 Å². The number of nitrogens with one attached hydrogen (secondary N) is 1. The number of nitrogens with zero attached hydrogens (tertiary/aromatic N) is 2. The molecule has 1 N–H and O–H groups in total. The fourth-order valence-corrected chi connectivity index (χ4v) is 6.44. The van der Waals surface area contributed by atoms with Crippen LogP contribution in [-0.2, 0) is 32.6 Å². The monoisotopic (exact) mass is 643 g/mol. The predicted molar refractivity (Wildman–Crippen MR) is 167 cm³/mol. The van der Waals surface area contributed by atoms with Crippen molar-refractivity contribution in [1.29, 1.82) is 0 Å². The van der Waals surface area contributed by atoms with E-state index in [9.17, 15) is 18.0 Å². The van der Waals surface area contributed by atoms with Crippen LogP contribution in [0.15, 0.2) is 108 Å². The van der Waals surface area contributed by atoms with Crippen molar-refractivity contribution >= 4 is 62.3 Å². The maximum Gasteiger partial charge on any atom is 0.264 e. The second-order valence-electron chi connectivity index (χ2n) is 9.38. The first-order valence-electron chi connectivity index (χ1n) is 12.9. The summed E-state index contributed by atoms with van der Waals surface area (Å²) in [5.41, 5.74) is 1.60. The number of halogens is 3. The van der Waals surface area contributed by atoms with E-state index in [4.69, 9.17) is 34.8 Å². The third-order valence-electron chi connectivity index (χ3n) is 6.60. The highest BCUT2D eigenvalue weighted by atomic mass is 35.5. The summed E-state index contributed by atoms with van der Waals surface area (Å²) >= 11 is 18.7. The van der Waals surface area contributed by atoms with Gasteiger partial charge in [-0.25, -0.2) is 8.42 Å². The van der Waals surface area contributed by atoms with Gasteiger partial charge in [-0.05, 0) is 59.7 Å². The summed E-state index contributed by atoms with van der Waals surface area (Å²) in [5, 5.41) is 3.77. The van der Waals surface area contributed by atoms with Crippen molar-refractivity contribution in [3.8, 4) is 0 Å². The van der Waals surface area contributed by atoms with Crippen molar-refractivity contribution in [3.63, 3.8) is 0 Å². The summed E-state index contributed by atoms with van der Waals surface area (Å²) in [7, 11) is -2.71. The van der Waals surface area contributed by atoms with Gasteiger partial charge in [0.15, 0.2) is 0 Å². The van der Waals surface area contributed by atoms with E-state index in [1.807, 2.05) is 30.3 Å². The zero-order chi connectivity index (χ0) is 30.3. The average molecular weight is 645 g/mol. The second-order valence-corrected chi connectivity index (χ2v) is 12.5. The summed E-state index contributed by atoms with van der Waals surface area (Å²) in [4.78, 5) is 28.9. The number of anilines is 1. The fourth-order valence-electron chi connectivity index (χ4n) is 4.41. The lowest BCUT2D eigenvalue weighted by Crippen LogP contribution is -2.53. The normalized spacial score (nSPS) is 11.9. The number of amides is 2. The lowest BCUT2D eigenvalue weighted by molar-refractivity contribution is -0.139. The van der Waals surface area contributed by atoms with Gasteiger partial charge in [0.25, 0.3) is 10.0 Å². The molecule has 0 bridgehead atoms.